The Morgan fingerprint density at radius 1 is 1.32 bits per heavy atom. The Balaban J connectivity index is 1.85. The molecular formula is C16H21N3O3S3. The third-order valence-electron chi connectivity index (χ3n) is 4.06. The fraction of sp³-hybridized carbons (Fsp3) is 0.500. The fourth-order valence-corrected chi connectivity index (χ4v) is 6.14. The molecule has 6 nitrogen and oxygen atoms in total. The number of piperidine rings is 1. The van der Waals surface area contributed by atoms with Crippen LogP contribution in [0.2, 0.25) is 0 Å². The molecule has 1 saturated heterocycles. The van der Waals surface area contributed by atoms with Crippen molar-refractivity contribution >= 4 is 38.6 Å². The van der Waals surface area contributed by atoms with Crippen LogP contribution in [-0.4, -0.2) is 43.8 Å². The zero-order valence-electron chi connectivity index (χ0n) is 14.2. The molecule has 136 valence electrons. The van der Waals surface area contributed by atoms with Crippen molar-refractivity contribution in [2.24, 2.45) is 0 Å². The van der Waals surface area contributed by atoms with E-state index < -0.39 is 10.0 Å². The van der Waals surface area contributed by atoms with E-state index in [0.717, 1.165) is 42.8 Å². The summed E-state index contributed by atoms with van der Waals surface area (Å²) in [6.45, 7) is 5.53. The molecular weight excluding hydrogens is 378 g/mol. The quantitative estimate of drug-likeness (QED) is 0.838. The molecule has 25 heavy (non-hydrogen) atoms. The molecule has 1 N–H and O–H groups in total. The highest BCUT2D eigenvalue weighted by atomic mass is 32.2. The number of carbonyl (C=O) groups is 1. The maximum Gasteiger partial charge on any atom is 0.265 e. The van der Waals surface area contributed by atoms with E-state index in [2.05, 4.69) is 9.71 Å². The zero-order chi connectivity index (χ0) is 18.0. The first-order valence-electron chi connectivity index (χ1n) is 8.27. The molecule has 1 aliphatic heterocycles. The lowest BCUT2D eigenvalue weighted by Gasteiger charge is -2.26. The van der Waals surface area contributed by atoms with Crippen LogP contribution in [0.3, 0.4) is 0 Å². The first kappa shape index (κ1) is 18.5. The van der Waals surface area contributed by atoms with Gasteiger partial charge in [0.2, 0.25) is 10.0 Å². The van der Waals surface area contributed by atoms with Crippen LogP contribution in [0, 0.1) is 6.92 Å². The van der Waals surface area contributed by atoms with Crippen molar-refractivity contribution < 1.29 is 13.2 Å². The second kappa shape index (κ2) is 7.53. The summed E-state index contributed by atoms with van der Waals surface area (Å²) < 4.78 is 26.9. The standard InChI is InChI=1S/C16H21N3O3S3/c1-3-17-25(21,22)13-9-12(10-23-13)15-18-11(2)14(24-15)16(20)19-7-5-4-6-8-19/h9-10,17H,3-8H2,1-2H3. The van der Waals surface area contributed by atoms with Crippen LogP contribution >= 0.6 is 22.7 Å². The van der Waals surface area contributed by atoms with E-state index in [4.69, 9.17) is 0 Å². The van der Waals surface area contributed by atoms with E-state index in [-0.39, 0.29) is 10.1 Å². The smallest absolute Gasteiger partial charge is 0.265 e. The van der Waals surface area contributed by atoms with E-state index >= 15 is 0 Å². The van der Waals surface area contributed by atoms with Crippen molar-refractivity contribution in [3.05, 3.63) is 22.0 Å². The number of likely N-dealkylation sites (tertiary alicyclic amines) is 1. The number of sulfonamides is 1. The highest BCUT2D eigenvalue weighted by Gasteiger charge is 2.24. The average molecular weight is 400 g/mol. The number of nitrogens with one attached hydrogen (secondary N) is 1. The van der Waals surface area contributed by atoms with Gasteiger partial charge < -0.3 is 4.90 Å². The minimum absolute atomic E-state index is 0.0386. The molecule has 3 heterocycles. The van der Waals surface area contributed by atoms with Gasteiger partial charge in [-0.05, 0) is 32.3 Å². The Morgan fingerprint density at radius 3 is 2.72 bits per heavy atom. The normalized spacial score (nSPS) is 15.5. The molecule has 0 unspecified atom stereocenters. The summed E-state index contributed by atoms with van der Waals surface area (Å²) in [6, 6.07) is 1.62. The van der Waals surface area contributed by atoms with E-state index in [0.29, 0.717) is 22.1 Å². The monoisotopic (exact) mass is 399 g/mol. The van der Waals surface area contributed by atoms with Crippen molar-refractivity contribution in [2.45, 2.75) is 37.3 Å². The summed E-state index contributed by atoms with van der Waals surface area (Å²) in [7, 11) is -3.46. The lowest BCUT2D eigenvalue weighted by atomic mass is 10.1. The molecule has 0 spiro atoms. The Hall–Kier alpha value is -1.29. The number of aryl methyl sites for hydroxylation is 1. The van der Waals surface area contributed by atoms with Crippen molar-refractivity contribution in [1.82, 2.24) is 14.6 Å². The summed E-state index contributed by atoms with van der Waals surface area (Å²) in [5.74, 6) is 0.0386. The average Bonchev–Trinajstić information content (AvgIpc) is 3.22. The first-order chi connectivity index (χ1) is 11.9. The van der Waals surface area contributed by atoms with Gasteiger partial charge in [0.15, 0.2) is 0 Å². The number of aromatic nitrogens is 1. The third kappa shape index (κ3) is 3.94. The maximum absolute atomic E-state index is 12.7. The van der Waals surface area contributed by atoms with Crippen LogP contribution in [0.25, 0.3) is 10.6 Å². The van der Waals surface area contributed by atoms with Crippen molar-refractivity contribution in [2.75, 3.05) is 19.6 Å². The Labute approximate surface area is 155 Å². The van der Waals surface area contributed by atoms with E-state index in [1.54, 1.807) is 18.4 Å². The van der Waals surface area contributed by atoms with Gasteiger partial charge in [0.05, 0.1) is 5.69 Å². The molecule has 9 heteroatoms. The molecule has 1 fully saturated rings. The molecule has 2 aromatic heterocycles. The predicted octanol–water partition coefficient (Wildman–Crippen LogP) is 3.10. The van der Waals surface area contributed by atoms with Crippen molar-refractivity contribution in [3.63, 3.8) is 0 Å². The Morgan fingerprint density at radius 2 is 2.04 bits per heavy atom. The van der Waals surface area contributed by atoms with Crippen LogP contribution in [-0.2, 0) is 10.0 Å². The number of hydrogen-bond acceptors (Lipinski definition) is 6. The molecule has 1 amide bonds. The van der Waals surface area contributed by atoms with Gasteiger partial charge in [0.1, 0.15) is 14.1 Å². The molecule has 0 bridgehead atoms. The molecule has 3 rings (SSSR count). The van der Waals surface area contributed by atoms with Crippen LogP contribution in [0.5, 0.6) is 0 Å². The number of hydrogen-bond donors (Lipinski definition) is 1. The highest BCUT2D eigenvalue weighted by Crippen LogP contribution is 2.33. The lowest BCUT2D eigenvalue weighted by molar-refractivity contribution is 0.0728. The number of nitrogens with zero attached hydrogens (tertiary/aromatic N) is 2. The molecule has 0 aromatic carbocycles. The Kier molecular flexibility index (Phi) is 5.57. The maximum atomic E-state index is 12.7. The Bertz CT molecular complexity index is 864. The topological polar surface area (TPSA) is 79.4 Å². The van der Waals surface area contributed by atoms with Gasteiger partial charge in [0, 0.05) is 30.6 Å². The van der Waals surface area contributed by atoms with Crippen molar-refractivity contribution in [1.29, 1.82) is 0 Å². The molecule has 0 saturated carbocycles. The zero-order valence-corrected chi connectivity index (χ0v) is 16.7. The summed E-state index contributed by atoms with van der Waals surface area (Å²) >= 11 is 2.50. The SMILES string of the molecule is CCNS(=O)(=O)c1cc(-c2nc(C)c(C(=O)N3CCCCC3)s2)cs1. The summed E-state index contributed by atoms with van der Waals surface area (Å²) in [4.78, 5) is 19.8. The van der Waals surface area contributed by atoms with E-state index in [1.165, 1.54) is 17.8 Å². The summed E-state index contributed by atoms with van der Waals surface area (Å²) in [5.41, 5.74) is 1.45. The summed E-state index contributed by atoms with van der Waals surface area (Å²) in [5, 5.41) is 2.46. The van der Waals surface area contributed by atoms with Gasteiger partial charge in [0.25, 0.3) is 5.91 Å². The first-order valence-corrected chi connectivity index (χ1v) is 11.5. The number of amides is 1. The minimum atomic E-state index is -3.46. The van der Waals surface area contributed by atoms with Crippen LogP contribution in [0.4, 0.5) is 0 Å². The summed E-state index contributed by atoms with van der Waals surface area (Å²) in [6.07, 6.45) is 3.27. The number of carbonyl (C=O) groups excluding carboxylic acids is 1. The second-order valence-electron chi connectivity index (χ2n) is 5.94. The van der Waals surface area contributed by atoms with Crippen molar-refractivity contribution in [3.8, 4) is 10.6 Å². The number of thiophene rings is 1. The highest BCUT2D eigenvalue weighted by molar-refractivity contribution is 7.91. The van der Waals surface area contributed by atoms with E-state index in [1.807, 2.05) is 11.8 Å². The largest absolute Gasteiger partial charge is 0.338 e. The molecule has 0 atom stereocenters. The van der Waals surface area contributed by atoms with Crippen LogP contribution in [0.15, 0.2) is 15.7 Å². The van der Waals surface area contributed by atoms with Crippen LogP contribution in [0.1, 0.15) is 41.6 Å². The lowest BCUT2D eigenvalue weighted by Crippen LogP contribution is -2.35. The number of thiazole rings is 1. The molecule has 0 aliphatic carbocycles. The van der Waals surface area contributed by atoms with Gasteiger partial charge in [-0.2, -0.15) is 0 Å². The molecule has 2 aromatic rings. The molecule has 1 aliphatic rings. The van der Waals surface area contributed by atoms with Gasteiger partial charge in [-0.3, -0.25) is 4.79 Å². The van der Waals surface area contributed by atoms with Gasteiger partial charge in [-0.15, -0.1) is 22.7 Å². The van der Waals surface area contributed by atoms with Gasteiger partial charge in [-0.25, -0.2) is 18.1 Å². The van der Waals surface area contributed by atoms with Crippen LogP contribution < -0.4 is 4.72 Å². The molecule has 0 radical (unpaired) electrons. The number of rotatable bonds is 5. The van der Waals surface area contributed by atoms with Gasteiger partial charge >= 0.3 is 0 Å². The third-order valence-corrected chi connectivity index (χ3v) is 8.24. The van der Waals surface area contributed by atoms with E-state index in [9.17, 15) is 13.2 Å². The predicted molar refractivity (Wildman–Crippen MR) is 101 cm³/mol. The fourth-order valence-electron chi connectivity index (χ4n) is 2.79. The van der Waals surface area contributed by atoms with Gasteiger partial charge in [-0.1, -0.05) is 6.92 Å². The second-order valence-corrected chi connectivity index (χ2v) is 9.85. The minimum Gasteiger partial charge on any atom is -0.338 e.